The number of H-pyrrole nitrogens is 1. The predicted octanol–water partition coefficient (Wildman–Crippen LogP) is 2.31. The third kappa shape index (κ3) is 2.59. The first kappa shape index (κ1) is 13.1. The van der Waals surface area contributed by atoms with Crippen molar-refractivity contribution in [3.05, 3.63) is 41.3 Å². The normalized spacial score (nSPS) is 10.3. The highest BCUT2D eigenvalue weighted by Crippen LogP contribution is 2.20. The van der Waals surface area contributed by atoms with Gasteiger partial charge in [-0.25, -0.2) is 4.98 Å². The van der Waals surface area contributed by atoms with Crippen molar-refractivity contribution in [2.45, 2.75) is 13.8 Å². The van der Waals surface area contributed by atoms with Crippen LogP contribution < -0.4 is 9.64 Å². The smallest absolute Gasteiger partial charge is 0.260 e. The minimum atomic E-state index is -0.0948. The number of aromatic nitrogens is 2. The van der Waals surface area contributed by atoms with Crippen LogP contribution in [-0.4, -0.2) is 30.0 Å². The van der Waals surface area contributed by atoms with Crippen molar-refractivity contribution in [3.8, 4) is 5.75 Å². The molecule has 0 unspecified atom stereocenters. The Labute approximate surface area is 112 Å². The Morgan fingerprint density at radius 2 is 2.11 bits per heavy atom. The van der Waals surface area contributed by atoms with Gasteiger partial charge in [0.05, 0.1) is 12.7 Å². The Morgan fingerprint density at radius 1 is 1.37 bits per heavy atom. The van der Waals surface area contributed by atoms with Crippen LogP contribution in [0.4, 0.5) is 5.82 Å². The van der Waals surface area contributed by atoms with Gasteiger partial charge in [0.25, 0.3) is 5.91 Å². The molecule has 1 amide bonds. The Morgan fingerprint density at radius 3 is 2.68 bits per heavy atom. The van der Waals surface area contributed by atoms with E-state index in [4.69, 9.17) is 4.74 Å². The van der Waals surface area contributed by atoms with Gasteiger partial charge < -0.3 is 9.72 Å². The van der Waals surface area contributed by atoms with Crippen LogP contribution >= 0.6 is 0 Å². The average molecular weight is 259 g/mol. The van der Waals surface area contributed by atoms with Gasteiger partial charge in [0, 0.05) is 30.7 Å². The number of nitrogens with zero attached hydrogens (tertiary/aromatic N) is 2. The van der Waals surface area contributed by atoms with Crippen molar-refractivity contribution in [2.75, 3.05) is 19.1 Å². The fraction of sp³-hybridized carbons (Fsp3) is 0.286. The van der Waals surface area contributed by atoms with E-state index in [0.29, 0.717) is 17.1 Å². The lowest BCUT2D eigenvalue weighted by molar-refractivity contribution is 0.0992. The van der Waals surface area contributed by atoms with Gasteiger partial charge in [-0.15, -0.1) is 0 Å². The van der Waals surface area contributed by atoms with Crippen LogP contribution in [0.15, 0.2) is 24.4 Å². The van der Waals surface area contributed by atoms with Crippen LogP contribution in [0.3, 0.4) is 0 Å². The number of methoxy groups -OCH3 is 1. The molecular weight excluding hydrogens is 242 g/mol. The first-order valence-corrected chi connectivity index (χ1v) is 5.97. The van der Waals surface area contributed by atoms with Gasteiger partial charge in [0.1, 0.15) is 11.6 Å². The summed E-state index contributed by atoms with van der Waals surface area (Å²) < 4.78 is 5.13. The topological polar surface area (TPSA) is 58.2 Å². The number of pyridine rings is 1. The van der Waals surface area contributed by atoms with Crippen molar-refractivity contribution in [1.82, 2.24) is 9.97 Å². The Kier molecular flexibility index (Phi) is 3.55. The van der Waals surface area contributed by atoms with Gasteiger partial charge in [-0.1, -0.05) is 0 Å². The molecule has 0 radical (unpaired) electrons. The first-order chi connectivity index (χ1) is 9.02. The maximum Gasteiger partial charge on any atom is 0.260 e. The van der Waals surface area contributed by atoms with Gasteiger partial charge in [0.15, 0.2) is 0 Å². The molecule has 0 atom stereocenters. The van der Waals surface area contributed by atoms with Crippen molar-refractivity contribution in [2.24, 2.45) is 0 Å². The molecule has 0 bridgehead atoms. The van der Waals surface area contributed by atoms with E-state index in [-0.39, 0.29) is 5.91 Å². The summed E-state index contributed by atoms with van der Waals surface area (Å²) in [6.07, 6.45) is 1.62. The summed E-state index contributed by atoms with van der Waals surface area (Å²) in [6.45, 7) is 3.81. The average Bonchev–Trinajstić information content (AvgIpc) is 2.76. The minimum absolute atomic E-state index is 0.0948. The molecule has 19 heavy (non-hydrogen) atoms. The highest BCUT2D eigenvalue weighted by atomic mass is 16.5. The molecule has 1 N–H and O–H groups in total. The molecule has 5 nitrogen and oxygen atoms in total. The second-order valence-corrected chi connectivity index (χ2v) is 4.41. The first-order valence-electron chi connectivity index (χ1n) is 5.97. The quantitative estimate of drug-likeness (QED) is 0.920. The summed E-state index contributed by atoms with van der Waals surface area (Å²) in [5.74, 6) is 1.14. The zero-order valence-electron chi connectivity index (χ0n) is 11.5. The molecule has 2 heterocycles. The van der Waals surface area contributed by atoms with E-state index in [0.717, 1.165) is 11.4 Å². The lowest BCUT2D eigenvalue weighted by atomic mass is 10.2. The fourth-order valence-electron chi connectivity index (χ4n) is 1.94. The maximum atomic E-state index is 12.4. The van der Waals surface area contributed by atoms with Gasteiger partial charge in [0.2, 0.25) is 0 Å². The van der Waals surface area contributed by atoms with E-state index in [1.807, 2.05) is 19.9 Å². The second-order valence-electron chi connectivity index (χ2n) is 4.41. The third-order valence-electron chi connectivity index (χ3n) is 2.98. The molecule has 2 rings (SSSR count). The largest absolute Gasteiger partial charge is 0.497 e. The number of anilines is 1. The summed E-state index contributed by atoms with van der Waals surface area (Å²) in [7, 11) is 3.28. The zero-order valence-corrected chi connectivity index (χ0v) is 11.5. The molecule has 5 heteroatoms. The summed E-state index contributed by atoms with van der Waals surface area (Å²) in [6, 6.07) is 5.31. The maximum absolute atomic E-state index is 12.4. The molecule has 0 aliphatic heterocycles. The van der Waals surface area contributed by atoms with E-state index >= 15 is 0 Å². The van der Waals surface area contributed by atoms with Crippen LogP contribution in [0, 0.1) is 13.8 Å². The molecule has 2 aromatic rings. The number of amides is 1. The van der Waals surface area contributed by atoms with Crippen molar-refractivity contribution < 1.29 is 9.53 Å². The Hall–Kier alpha value is -2.30. The van der Waals surface area contributed by atoms with Crippen LogP contribution in [0.25, 0.3) is 0 Å². The number of rotatable bonds is 3. The molecular formula is C14H17N3O2. The molecule has 0 aliphatic carbocycles. The number of hydrogen-bond donors (Lipinski definition) is 1. The van der Waals surface area contributed by atoms with Gasteiger partial charge >= 0.3 is 0 Å². The van der Waals surface area contributed by atoms with Crippen LogP contribution in [-0.2, 0) is 0 Å². The number of carbonyl (C=O) groups is 1. The zero-order chi connectivity index (χ0) is 14.0. The predicted molar refractivity (Wildman–Crippen MR) is 73.8 cm³/mol. The van der Waals surface area contributed by atoms with Crippen LogP contribution in [0.5, 0.6) is 5.75 Å². The molecule has 0 spiro atoms. The lowest BCUT2D eigenvalue weighted by Crippen LogP contribution is -2.27. The molecule has 0 fully saturated rings. The monoisotopic (exact) mass is 259 g/mol. The highest BCUT2D eigenvalue weighted by molar-refractivity contribution is 6.06. The van der Waals surface area contributed by atoms with E-state index in [2.05, 4.69) is 9.97 Å². The fourth-order valence-corrected chi connectivity index (χ4v) is 1.94. The number of nitrogens with one attached hydrogen (secondary N) is 1. The van der Waals surface area contributed by atoms with Crippen LogP contribution in [0.2, 0.25) is 0 Å². The minimum Gasteiger partial charge on any atom is -0.497 e. The van der Waals surface area contributed by atoms with Gasteiger partial charge in [-0.2, -0.15) is 0 Å². The Balaban J connectivity index is 2.30. The summed E-state index contributed by atoms with van der Waals surface area (Å²) in [5, 5.41) is 0. The lowest BCUT2D eigenvalue weighted by Gasteiger charge is -2.16. The number of carbonyl (C=O) groups excluding carboxylic acids is 1. The van der Waals surface area contributed by atoms with Crippen molar-refractivity contribution in [1.29, 1.82) is 0 Å². The molecule has 100 valence electrons. The summed E-state index contributed by atoms with van der Waals surface area (Å²) >= 11 is 0. The summed E-state index contributed by atoms with van der Waals surface area (Å²) in [4.78, 5) is 21.2. The van der Waals surface area contributed by atoms with E-state index in [1.54, 1.807) is 32.5 Å². The molecule has 0 aromatic carbocycles. The molecule has 0 aliphatic rings. The number of ether oxygens (including phenoxy) is 1. The van der Waals surface area contributed by atoms with Gasteiger partial charge in [-0.3, -0.25) is 9.69 Å². The van der Waals surface area contributed by atoms with Crippen molar-refractivity contribution >= 4 is 11.7 Å². The molecule has 0 saturated carbocycles. The van der Waals surface area contributed by atoms with Crippen molar-refractivity contribution in [3.63, 3.8) is 0 Å². The second kappa shape index (κ2) is 5.14. The number of hydrogen-bond acceptors (Lipinski definition) is 3. The summed E-state index contributed by atoms with van der Waals surface area (Å²) in [5.41, 5.74) is 2.48. The number of aryl methyl sites for hydroxylation is 2. The molecule has 2 aromatic heterocycles. The highest BCUT2D eigenvalue weighted by Gasteiger charge is 2.18. The SMILES string of the molecule is COc1ccnc(N(C)C(=O)c2cc(C)[nH]c2C)c1. The van der Waals surface area contributed by atoms with E-state index < -0.39 is 0 Å². The Bertz CT molecular complexity index is 604. The van der Waals surface area contributed by atoms with Crippen LogP contribution in [0.1, 0.15) is 21.7 Å². The van der Waals surface area contributed by atoms with Gasteiger partial charge in [-0.05, 0) is 26.0 Å². The number of aromatic amines is 1. The third-order valence-corrected chi connectivity index (χ3v) is 2.98. The van der Waals surface area contributed by atoms with E-state index in [9.17, 15) is 4.79 Å². The van der Waals surface area contributed by atoms with E-state index in [1.165, 1.54) is 4.90 Å². The standard InChI is InChI=1S/C14H17N3O2/c1-9-7-12(10(2)16-9)14(18)17(3)13-8-11(19-4)5-6-15-13/h5-8,16H,1-4H3. The molecule has 0 saturated heterocycles.